The first kappa shape index (κ1) is 16.7. The number of carbonyl (C=O) groups is 1. The molecule has 1 unspecified atom stereocenters. The third-order valence-electron chi connectivity index (χ3n) is 2.13. The van der Waals surface area contributed by atoms with Crippen molar-refractivity contribution in [2.45, 2.75) is 33.3 Å². The molecular weight excluding hydrogens is 236 g/mol. The summed E-state index contributed by atoms with van der Waals surface area (Å²) in [4.78, 5) is 11.4. The molecule has 0 radical (unpaired) electrons. The molecule has 3 N–H and O–H groups in total. The minimum atomic E-state index is 0.101. The van der Waals surface area contributed by atoms with Crippen LogP contribution in [0.5, 0.6) is 0 Å². The highest BCUT2D eigenvalue weighted by Gasteiger charge is 2.03. The molecule has 1 amide bonds. The van der Waals surface area contributed by atoms with Gasteiger partial charge in [0.2, 0.25) is 5.91 Å². The molecule has 102 valence electrons. The molecule has 0 aromatic heterocycles. The molecule has 0 aliphatic carbocycles. The van der Waals surface area contributed by atoms with Gasteiger partial charge >= 0.3 is 0 Å². The van der Waals surface area contributed by atoms with Crippen molar-refractivity contribution in [1.82, 2.24) is 5.32 Å². The lowest BCUT2D eigenvalue weighted by Gasteiger charge is -2.09. The normalized spacial score (nSPS) is 12.8. The number of thioether (sulfide) groups is 1. The topological polar surface area (TPSA) is 64.4 Å². The van der Waals surface area contributed by atoms with Crippen LogP contribution in [0.15, 0.2) is 0 Å². The maximum atomic E-state index is 11.4. The van der Waals surface area contributed by atoms with E-state index in [0.29, 0.717) is 31.4 Å². The van der Waals surface area contributed by atoms with Gasteiger partial charge in [-0.2, -0.15) is 11.8 Å². The van der Waals surface area contributed by atoms with Crippen LogP contribution in [0.3, 0.4) is 0 Å². The summed E-state index contributed by atoms with van der Waals surface area (Å²) in [7, 11) is 0. The molecule has 0 aliphatic heterocycles. The van der Waals surface area contributed by atoms with Gasteiger partial charge in [0.25, 0.3) is 0 Å². The molecule has 1 atom stereocenters. The highest BCUT2D eigenvalue weighted by Crippen LogP contribution is 2.06. The van der Waals surface area contributed by atoms with Gasteiger partial charge in [-0.15, -0.1) is 0 Å². The highest BCUT2D eigenvalue weighted by molar-refractivity contribution is 7.99. The Morgan fingerprint density at radius 3 is 2.71 bits per heavy atom. The zero-order valence-electron chi connectivity index (χ0n) is 11.2. The van der Waals surface area contributed by atoms with Crippen LogP contribution in [0.25, 0.3) is 0 Å². The van der Waals surface area contributed by atoms with Gasteiger partial charge in [0.15, 0.2) is 0 Å². The summed E-state index contributed by atoms with van der Waals surface area (Å²) in [6.07, 6.45) is 1.13. The van der Waals surface area contributed by atoms with Gasteiger partial charge in [-0.1, -0.05) is 6.92 Å². The van der Waals surface area contributed by atoms with Crippen LogP contribution in [0.4, 0.5) is 0 Å². The Kier molecular flexibility index (Phi) is 10.7. The molecule has 17 heavy (non-hydrogen) atoms. The van der Waals surface area contributed by atoms with E-state index in [4.69, 9.17) is 10.5 Å². The van der Waals surface area contributed by atoms with E-state index in [-0.39, 0.29) is 12.0 Å². The van der Waals surface area contributed by atoms with Crippen LogP contribution in [0.2, 0.25) is 0 Å². The van der Waals surface area contributed by atoms with Crippen molar-refractivity contribution in [2.24, 2.45) is 11.7 Å². The van der Waals surface area contributed by atoms with Crippen LogP contribution in [0.1, 0.15) is 27.2 Å². The molecule has 0 aromatic rings. The number of hydrogen-bond donors (Lipinski definition) is 2. The third kappa shape index (κ3) is 12.0. The summed E-state index contributed by atoms with van der Waals surface area (Å²) in [5.74, 6) is 2.05. The van der Waals surface area contributed by atoms with Crippen molar-refractivity contribution in [2.75, 3.05) is 31.2 Å². The van der Waals surface area contributed by atoms with Crippen LogP contribution < -0.4 is 11.1 Å². The Bertz CT molecular complexity index is 201. The predicted molar refractivity (Wildman–Crippen MR) is 74.3 cm³/mol. The quantitative estimate of drug-likeness (QED) is 0.582. The fourth-order valence-corrected chi connectivity index (χ4v) is 2.03. The smallest absolute Gasteiger partial charge is 0.229 e. The molecule has 0 fully saturated rings. The number of nitrogens with two attached hydrogens (primary N) is 1. The summed E-state index contributed by atoms with van der Waals surface area (Å²) in [6, 6.07) is 0. The van der Waals surface area contributed by atoms with Crippen molar-refractivity contribution < 1.29 is 9.53 Å². The van der Waals surface area contributed by atoms with E-state index in [1.54, 1.807) is 11.8 Å². The fourth-order valence-electron chi connectivity index (χ4n) is 1.09. The molecule has 0 aromatic carbocycles. The second-order valence-electron chi connectivity index (χ2n) is 4.48. The van der Waals surface area contributed by atoms with Gasteiger partial charge < -0.3 is 15.8 Å². The van der Waals surface area contributed by atoms with Crippen molar-refractivity contribution in [3.05, 3.63) is 0 Å². The van der Waals surface area contributed by atoms with E-state index >= 15 is 0 Å². The van der Waals surface area contributed by atoms with E-state index in [0.717, 1.165) is 12.2 Å². The van der Waals surface area contributed by atoms with Gasteiger partial charge in [-0.3, -0.25) is 4.79 Å². The van der Waals surface area contributed by atoms with E-state index in [1.165, 1.54) is 0 Å². The summed E-state index contributed by atoms with van der Waals surface area (Å²) in [6.45, 7) is 8.19. The van der Waals surface area contributed by atoms with Gasteiger partial charge in [0, 0.05) is 13.2 Å². The second kappa shape index (κ2) is 10.9. The summed E-state index contributed by atoms with van der Waals surface area (Å²) >= 11 is 1.64. The predicted octanol–water partition coefficient (Wildman–Crippen LogP) is 1.25. The Labute approximate surface area is 109 Å². The highest BCUT2D eigenvalue weighted by atomic mass is 32.2. The van der Waals surface area contributed by atoms with Gasteiger partial charge in [0.05, 0.1) is 11.9 Å². The maximum absolute atomic E-state index is 11.4. The molecule has 0 saturated carbocycles. The molecule has 0 bridgehead atoms. The van der Waals surface area contributed by atoms with Crippen LogP contribution >= 0.6 is 11.8 Å². The Morgan fingerprint density at radius 2 is 2.12 bits per heavy atom. The monoisotopic (exact) mass is 262 g/mol. The summed E-state index contributed by atoms with van der Waals surface area (Å²) in [5.41, 5.74) is 5.50. The number of amides is 1. The number of hydrogen-bond acceptors (Lipinski definition) is 4. The lowest BCUT2D eigenvalue weighted by atomic mass is 10.2. The van der Waals surface area contributed by atoms with E-state index in [1.807, 2.05) is 13.8 Å². The summed E-state index contributed by atoms with van der Waals surface area (Å²) < 4.78 is 5.38. The minimum Gasteiger partial charge on any atom is -0.379 e. The zero-order chi connectivity index (χ0) is 13.1. The van der Waals surface area contributed by atoms with Crippen LogP contribution in [-0.4, -0.2) is 43.2 Å². The van der Waals surface area contributed by atoms with Gasteiger partial charge in [-0.05, 0) is 38.5 Å². The maximum Gasteiger partial charge on any atom is 0.229 e. The number of nitrogens with one attached hydrogen (secondary N) is 1. The van der Waals surface area contributed by atoms with Gasteiger partial charge in [-0.25, -0.2) is 0 Å². The van der Waals surface area contributed by atoms with E-state index < -0.39 is 0 Å². The molecule has 0 rings (SSSR count). The molecule has 0 spiro atoms. The first-order chi connectivity index (χ1) is 8.06. The van der Waals surface area contributed by atoms with Crippen molar-refractivity contribution in [3.63, 3.8) is 0 Å². The van der Waals surface area contributed by atoms with Crippen molar-refractivity contribution in [1.29, 1.82) is 0 Å². The lowest BCUT2D eigenvalue weighted by Crippen LogP contribution is -2.27. The first-order valence-corrected chi connectivity index (χ1v) is 7.37. The average molecular weight is 262 g/mol. The SMILES string of the molecule is CC(CN)CSCC(=O)NCCCOC(C)C. The Morgan fingerprint density at radius 1 is 1.41 bits per heavy atom. The molecule has 5 heteroatoms. The minimum absolute atomic E-state index is 0.101. The average Bonchev–Trinajstić information content (AvgIpc) is 2.27. The lowest BCUT2D eigenvalue weighted by molar-refractivity contribution is -0.118. The molecule has 0 heterocycles. The molecule has 0 aliphatic rings. The molecule has 0 saturated heterocycles. The fraction of sp³-hybridized carbons (Fsp3) is 0.917. The largest absolute Gasteiger partial charge is 0.379 e. The standard InChI is InChI=1S/C12H26N2O2S/c1-10(2)16-6-4-5-14-12(15)9-17-8-11(3)7-13/h10-11H,4-9,13H2,1-3H3,(H,14,15). The van der Waals surface area contributed by atoms with Gasteiger partial charge in [0.1, 0.15) is 0 Å². The Hall–Kier alpha value is -0.260. The van der Waals surface area contributed by atoms with Crippen molar-refractivity contribution >= 4 is 17.7 Å². The first-order valence-electron chi connectivity index (χ1n) is 6.22. The zero-order valence-corrected chi connectivity index (χ0v) is 12.0. The number of rotatable bonds is 10. The molecule has 4 nitrogen and oxygen atoms in total. The number of carbonyl (C=O) groups excluding carboxylic acids is 1. The van der Waals surface area contributed by atoms with Crippen LogP contribution in [0, 0.1) is 5.92 Å². The summed E-state index contributed by atoms with van der Waals surface area (Å²) in [5, 5.41) is 2.88. The van der Waals surface area contributed by atoms with Crippen molar-refractivity contribution in [3.8, 4) is 0 Å². The molecular formula is C12H26N2O2S. The third-order valence-corrected chi connectivity index (χ3v) is 3.40. The Balaban J connectivity index is 3.29. The second-order valence-corrected chi connectivity index (χ2v) is 5.51. The number of ether oxygens (including phenoxy) is 1. The van der Waals surface area contributed by atoms with E-state index in [9.17, 15) is 4.79 Å². The van der Waals surface area contributed by atoms with E-state index in [2.05, 4.69) is 12.2 Å². The van der Waals surface area contributed by atoms with Crippen LogP contribution in [-0.2, 0) is 9.53 Å².